The van der Waals surface area contributed by atoms with Gasteiger partial charge >= 0.3 is 0 Å². The smallest absolute Gasteiger partial charge is 0.217 e. The molecule has 1 saturated heterocycles. The molecule has 39 heavy (non-hydrogen) atoms. The first-order chi connectivity index (χ1) is 19.0. The SMILES string of the molecule is CC(=O)NCc1ccccc1-c1ccc([C@H]2O[C@@H](CSc3ncn[nH]3)[C@@H](C)[C@@H](c3ccc(CO)cc3)O2)cc1. The van der Waals surface area contributed by atoms with Crippen LogP contribution in [0.25, 0.3) is 11.1 Å². The Labute approximate surface area is 232 Å². The average molecular weight is 545 g/mol. The minimum atomic E-state index is -0.548. The zero-order chi connectivity index (χ0) is 27.2. The van der Waals surface area contributed by atoms with E-state index in [0.29, 0.717) is 12.3 Å². The molecule has 1 aliphatic heterocycles. The number of nitrogens with one attached hydrogen (secondary N) is 2. The lowest BCUT2D eigenvalue weighted by molar-refractivity contribution is -0.268. The van der Waals surface area contributed by atoms with Gasteiger partial charge in [0.1, 0.15) is 6.33 Å². The van der Waals surface area contributed by atoms with Gasteiger partial charge in [-0.15, -0.1) is 0 Å². The Morgan fingerprint density at radius 3 is 2.46 bits per heavy atom. The molecule has 4 aromatic rings. The second-order valence-corrected chi connectivity index (χ2v) is 10.6. The number of rotatable bonds is 9. The van der Waals surface area contributed by atoms with E-state index in [2.05, 4.69) is 45.6 Å². The van der Waals surface area contributed by atoms with E-state index in [1.807, 2.05) is 54.6 Å². The molecule has 202 valence electrons. The van der Waals surface area contributed by atoms with Crippen LogP contribution in [0.2, 0.25) is 0 Å². The monoisotopic (exact) mass is 544 g/mol. The molecule has 3 N–H and O–H groups in total. The number of aliphatic hydroxyl groups excluding tert-OH is 1. The van der Waals surface area contributed by atoms with Crippen molar-refractivity contribution in [3.63, 3.8) is 0 Å². The third-order valence-electron chi connectivity index (χ3n) is 6.94. The van der Waals surface area contributed by atoms with Crippen LogP contribution in [-0.2, 0) is 27.4 Å². The highest BCUT2D eigenvalue weighted by Crippen LogP contribution is 2.43. The van der Waals surface area contributed by atoms with E-state index in [0.717, 1.165) is 38.5 Å². The van der Waals surface area contributed by atoms with Crippen LogP contribution in [0.3, 0.4) is 0 Å². The molecule has 0 unspecified atom stereocenters. The van der Waals surface area contributed by atoms with Crippen molar-refractivity contribution in [2.45, 2.75) is 50.7 Å². The lowest BCUT2D eigenvalue weighted by Gasteiger charge is -2.41. The Balaban J connectivity index is 1.39. The van der Waals surface area contributed by atoms with E-state index in [4.69, 9.17) is 9.47 Å². The van der Waals surface area contributed by atoms with Crippen molar-refractivity contribution >= 4 is 17.7 Å². The quantitative estimate of drug-likeness (QED) is 0.249. The van der Waals surface area contributed by atoms with Crippen LogP contribution in [0.15, 0.2) is 84.3 Å². The molecule has 1 amide bonds. The number of aromatic amines is 1. The highest BCUT2D eigenvalue weighted by atomic mass is 32.2. The molecule has 0 spiro atoms. The first-order valence-electron chi connectivity index (χ1n) is 12.9. The number of benzene rings is 3. The Kier molecular flexibility index (Phi) is 8.73. The number of ether oxygens (including phenoxy) is 2. The van der Waals surface area contributed by atoms with Crippen LogP contribution in [-0.4, -0.2) is 38.1 Å². The van der Waals surface area contributed by atoms with Crippen molar-refractivity contribution in [3.8, 4) is 11.1 Å². The van der Waals surface area contributed by atoms with Crippen LogP contribution in [0.1, 0.15) is 48.5 Å². The third-order valence-corrected chi connectivity index (χ3v) is 7.90. The molecule has 0 aliphatic carbocycles. The zero-order valence-electron chi connectivity index (χ0n) is 21.9. The average Bonchev–Trinajstić information content (AvgIpc) is 3.50. The van der Waals surface area contributed by atoms with Crippen molar-refractivity contribution < 1.29 is 19.4 Å². The van der Waals surface area contributed by atoms with E-state index < -0.39 is 6.29 Å². The van der Waals surface area contributed by atoms with Gasteiger partial charge in [0.15, 0.2) is 11.4 Å². The second kappa shape index (κ2) is 12.6. The summed E-state index contributed by atoms with van der Waals surface area (Å²) >= 11 is 1.57. The summed E-state index contributed by atoms with van der Waals surface area (Å²) in [5, 5.41) is 20.0. The molecule has 8 nitrogen and oxygen atoms in total. The van der Waals surface area contributed by atoms with Gasteiger partial charge in [0.25, 0.3) is 0 Å². The number of aromatic nitrogens is 3. The normalized spacial score (nSPS) is 21.0. The third kappa shape index (κ3) is 6.57. The summed E-state index contributed by atoms with van der Waals surface area (Å²) in [6, 6.07) is 24.2. The van der Waals surface area contributed by atoms with E-state index in [1.165, 1.54) is 13.3 Å². The highest BCUT2D eigenvalue weighted by Gasteiger charge is 2.38. The Bertz CT molecular complexity index is 1360. The molecule has 3 aromatic carbocycles. The minimum Gasteiger partial charge on any atom is -0.392 e. The first kappa shape index (κ1) is 27.1. The first-order valence-corrected chi connectivity index (χ1v) is 13.9. The van der Waals surface area contributed by atoms with Crippen LogP contribution in [0.4, 0.5) is 0 Å². The van der Waals surface area contributed by atoms with Crippen LogP contribution in [0, 0.1) is 5.92 Å². The molecule has 9 heteroatoms. The van der Waals surface area contributed by atoms with Gasteiger partial charge in [-0.3, -0.25) is 9.89 Å². The van der Waals surface area contributed by atoms with Crippen LogP contribution >= 0.6 is 11.8 Å². The summed E-state index contributed by atoms with van der Waals surface area (Å²) in [5.74, 6) is 0.713. The fourth-order valence-corrected chi connectivity index (χ4v) is 5.67. The van der Waals surface area contributed by atoms with Gasteiger partial charge in [-0.25, -0.2) is 4.98 Å². The predicted molar refractivity (Wildman–Crippen MR) is 149 cm³/mol. The molecule has 0 radical (unpaired) electrons. The van der Waals surface area contributed by atoms with Gasteiger partial charge in [0, 0.05) is 30.7 Å². The van der Waals surface area contributed by atoms with Gasteiger partial charge in [0.05, 0.1) is 18.8 Å². The van der Waals surface area contributed by atoms with E-state index >= 15 is 0 Å². The van der Waals surface area contributed by atoms with E-state index in [-0.39, 0.29) is 30.6 Å². The summed E-state index contributed by atoms with van der Waals surface area (Å²) in [6.07, 6.45) is 0.669. The fourth-order valence-electron chi connectivity index (χ4n) is 4.73. The van der Waals surface area contributed by atoms with Crippen LogP contribution < -0.4 is 5.32 Å². The Hall–Kier alpha value is -3.50. The maximum Gasteiger partial charge on any atom is 0.217 e. The van der Waals surface area contributed by atoms with Gasteiger partial charge in [-0.05, 0) is 27.8 Å². The topological polar surface area (TPSA) is 109 Å². The molecule has 0 bridgehead atoms. The minimum absolute atomic E-state index is 0.00380. The molecule has 1 fully saturated rings. The lowest BCUT2D eigenvalue weighted by atomic mass is 9.91. The number of aliphatic hydroxyl groups is 1. The summed E-state index contributed by atoms with van der Waals surface area (Å²) in [7, 11) is 0. The number of hydrogen-bond donors (Lipinski definition) is 3. The molecule has 2 heterocycles. The Morgan fingerprint density at radius 1 is 1.03 bits per heavy atom. The number of thioether (sulfide) groups is 1. The van der Waals surface area contributed by atoms with Gasteiger partial charge in [0.2, 0.25) is 5.91 Å². The van der Waals surface area contributed by atoms with Gasteiger partial charge in [-0.2, -0.15) is 5.10 Å². The van der Waals surface area contributed by atoms with Crippen molar-refractivity contribution in [2.75, 3.05) is 5.75 Å². The molecule has 0 saturated carbocycles. The maximum absolute atomic E-state index is 11.4. The number of hydrogen-bond acceptors (Lipinski definition) is 7. The molecular formula is C30H32N4O4S. The number of amides is 1. The van der Waals surface area contributed by atoms with Gasteiger partial charge < -0.3 is 19.9 Å². The van der Waals surface area contributed by atoms with Crippen molar-refractivity contribution in [1.29, 1.82) is 0 Å². The maximum atomic E-state index is 11.4. The lowest BCUT2D eigenvalue weighted by Crippen LogP contribution is -2.38. The van der Waals surface area contributed by atoms with Crippen molar-refractivity contribution in [2.24, 2.45) is 5.92 Å². The van der Waals surface area contributed by atoms with Crippen LogP contribution in [0.5, 0.6) is 0 Å². The number of H-pyrrole nitrogens is 1. The predicted octanol–water partition coefficient (Wildman–Crippen LogP) is 5.18. The number of nitrogens with zero attached hydrogens (tertiary/aromatic N) is 2. The van der Waals surface area contributed by atoms with Crippen molar-refractivity contribution in [3.05, 3.63) is 101 Å². The molecule has 1 aromatic heterocycles. The second-order valence-electron chi connectivity index (χ2n) is 9.61. The van der Waals surface area contributed by atoms with Gasteiger partial charge in [-0.1, -0.05) is 91.5 Å². The van der Waals surface area contributed by atoms with Crippen molar-refractivity contribution in [1.82, 2.24) is 20.5 Å². The van der Waals surface area contributed by atoms with E-state index in [1.54, 1.807) is 11.8 Å². The summed E-state index contributed by atoms with van der Waals surface area (Å²) in [5.41, 5.74) is 6.01. The fraction of sp³-hybridized carbons (Fsp3) is 0.300. The molecule has 5 rings (SSSR count). The molecule has 1 aliphatic rings. The summed E-state index contributed by atoms with van der Waals surface area (Å²) in [4.78, 5) is 15.7. The Morgan fingerprint density at radius 2 is 1.77 bits per heavy atom. The number of carbonyl (C=O) groups excluding carboxylic acids is 1. The largest absolute Gasteiger partial charge is 0.392 e. The van der Waals surface area contributed by atoms with E-state index in [9.17, 15) is 9.90 Å². The molecule has 4 atom stereocenters. The molecular weight excluding hydrogens is 512 g/mol. The highest BCUT2D eigenvalue weighted by molar-refractivity contribution is 7.99. The zero-order valence-corrected chi connectivity index (χ0v) is 22.7. The summed E-state index contributed by atoms with van der Waals surface area (Å²) in [6.45, 7) is 4.14. The standard InChI is InChI=1S/C30H32N4O4S/c1-19-27(17-39-30-32-18-33-34-30)37-29(38-28(19)23-9-7-21(16-35)8-10-23)24-13-11-22(12-14-24)26-6-4-3-5-25(26)15-31-20(2)36/h3-14,18-19,27-29,35H,15-17H2,1-2H3,(H,31,36)(H,32,33,34)/t19-,27+,28+,29+/m1/s1. The summed E-state index contributed by atoms with van der Waals surface area (Å²) < 4.78 is 13.1. The number of carbonyl (C=O) groups is 1.